The summed E-state index contributed by atoms with van der Waals surface area (Å²) in [6, 6.07) is 1.60. The van der Waals surface area contributed by atoms with Crippen molar-refractivity contribution in [2.24, 2.45) is 9.98 Å². The zero-order valence-corrected chi connectivity index (χ0v) is 14.3. The molecule has 0 aliphatic carbocycles. The maximum Gasteiger partial charge on any atom is 0.256 e. The number of aliphatic imine (C=N–C) groups is 2. The van der Waals surface area contributed by atoms with Gasteiger partial charge in [-0.25, -0.2) is 0 Å². The van der Waals surface area contributed by atoms with E-state index in [0.717, 1.165) is 37.9 Å². The average molecular weight is 335 g/mol. The molecule has 1 aromatic rings. The van der Waals surface area contributed by atoms with E-state index in [2.05, 4.69) is 27.1 Å². The summed E-state index contributed by atoms with van der Waals surface area (Å²) < 4.78 is 0. The van der Waals surface area contributed by atoms with Gasteiger partial charge in [0.05, 0.1) is 17.3 Å². The molecule has 2 unspecified atom stereocenters. The van der Waals surface area contributed by atoms with Crippen molar-refractivity contribution in [2.75, 3.05) is 6.54 Å². The standard InChI is InChI=1S/C19H21N5O/c1-2-3-11-24-16-8-6-10-21-18(16)17-13(19(24)25)12-15(22-23-17)14-7-4-5-9-20-14/h6-10,12,16,18H,2-5,11H2,1H3. The van der Waals surface area contributed by atoms with Crippen LogP contribution in [-0.4, -0.2) is 46.0 Å². The molecule has 0 fully saturated rings. The van der Waals surface area contributed by atoms with E-state index in [1.165, 1.54) is 0 Å². The van der Waals surface area contributed by atoms with Crippen LogP contribution in [-0.2, 0) is 0 Å². The lowest BCUT2D eigenvalue weighted by Gasteiger charge is -2.39. The van der Waals surface area contributed by atoms with E-state index in [1.807, 2.05) is 35.4 Å². The summed E-state index contributed by atoms with van der Waals surface area (Å²) in [6.45, 7) is 2.86. The third-order valence-corrected chi connectivity index (χ3v) is 4.80. The molecule has 6 nitrogen and oxygen atoms in total. The Balaban J connectivity index is 1.76. The SMILES string of the molecule is CCCCN1C(=O)c2cc(C3=CCCC=N3)nnc2C2N=CC=CC21. The van der Waals surface area contributed by atoms with E-state index in [9.17, 15) is 4.79 Å². The quantitative estimate of drug-likeness (QED) is 0.849. The molecule has 0 bridgehead atoms. The first-order valence-electron chi connectivity index (χ1n) is 8.91. The lowest BCUT2D eigenvalue weighted by Crippen LogP contribution is -2.48. The van der Waals surface area contributed by atoms with Crippen molar-refractivity contribution < 1.29 is 4.79 Å². The van der Waals surface area contributed by atoms with Crippen molar-refractivity contribution in [3.05, 3.63) is 41.2 Å². The molecule has 3 aliphatic rings. The van der Waals surface area contributed by atoms with E-state index in [4.69, 9.17) is 0 Å². The second-order valence-corrected chi connectivity index (χ2v) is 6.48. The number of allylic oxidation sites excluding steroid dienone is 2. The Bertz CT molecular complexity index is 808. The van der Waals surface area contributed by atoms with Gasteiger partial charge in [0.2, 0.25) is 0 Å². The van der Waals surface area contributed by atoms with Crippen molar-refractivity contribution in [1.29, 1.82) is 0 Å². The van der Waals surface area contributed by atoms with Gasteiger partial charge in [-0.2, -0.15) is 5.10 Å². The Morgan fingerprint density at radius 1 is 1.28 bits per heavy atom. The molecular weight excluding hydrogens is 314 g/mol. The molecule has 0 aromatic carbocycles. The van der Waals surface area contributed by atoms with E-state index >= 15 is 0 Å². The van der Waals surface area contributed by atoms with Crippen LogP contribution >= 0.6 is 0 Å². The molecule has 0 radical (unpaired) electrons. The summed E-state index contributed by atoms with van der Waals surface area (Å²) >= 11 is 0. The molecule has 0 saturated heterocycles. The van der Waals surface area contributed by atoms with Crippen molar-refractivity contribution >= 4 is 24.0 Å². The third kappa shape index (κ3) is 2.81. The van der Waals surface area contributed by atoms with Crippen LogP contribution in [0.15, 0.2) is 34.3 Å². The van der Waals surface area contributed by atoms with Crippen molar-refractivity contribution in [3.63, 3.8) is 0 Å². The van der Waals surface area contributed by atoms with Crippen LogP contribution in [0.1, 0.15) is 60.4 Å². The fourth-order valence-electron chi connectivity index (χ4n) is 3.47. The fraction of sp³-hybridized carbons (Fsp3) is 0.421. The summed E-state index contributed by atoms with van der Waals surface area (Å²) in [6.07, 6.45) is 13.6. The van der Waals surface area contributed by atoms with Crippen LogP contribution in [0.4, 0.5) is 0 Å². The number of rotatable bonds is 4. The highest BCUT2D eigenvalue weighted by atomic mass is 16.2. The number of hydrogen-bond donors (Lipinski definition) is 0. The minimum atomic E-state index is -0.167. The third-order valence-electron chi connectivity index (χ3n) is 4.80. The van der Waals surface area contributed by atoms with Crippen LogP contribution < -0.4 is 0 Å². The molecule has 1 amide bonds. The second-order valence-electron chi connectivity index (χ2n) is 6.48. The fourth-order valence-corrected chi connectivity index (χ4v) is 3.47. The van der Waals surface area contributed by atoms with Crippen LogP contribution in [0.5, 0.6) is 0 Å². The van der Waals surface area contributed by atoms with Crippen LogP contribution in [0.3, 0.4) is 0 Å². The molecule has 0 saturated carbocycles. The maximum absolute atomic E-state index is 13.1. The van der Waals surface area contributed by atoms with Gasteiger partial charge in [-0.05, 0) is 31.4 Å². The Kier molecular flexibility index (Phi) is 4.26. The first kappa shape index (κ1) is 15.9. The largest absolute Gasteiger partial charge is 0.330 e. The average Bonchev–Trinajstić information content (AvgIpc) is 2.68. The normalized spacial score (nSPS) is 24.1. The van der Waals surface area contributed by atoms with E-state index in [0.29, 0.717) is 17.0 Å². The van der Waals surface area contributed by atoms with Gasteiger partial charge in [0.15, 0.2) is 0 Å². The molecule has 2 atom stereocenters. The number of hydrogen-bond acceptors (Lipinski definition) is 5. The topological polar surface area (TPSA) is 70.8 Å². The van der Waals surface area contributed by atoms with Crippen molar-refractivity contribution in [3.8, 4) is 0 Å². The number of aromatic nitrogens is 2. The molecule has 0 spiro atoms. The summed E-state index contributed by atoms with van der Waals surface area (Å²) in [4.78, 5) is 24.0. The predicted molar refractivity (Wildman–Crippen MR) is 97.8 cm³/mol. The van der Waals surface area contributed by atoms with Crippen LogP contribution in [0.2, 0.25) is 0 Å². The monoisotopic (exact) mass is 335 g/mol. The molecule has 0 N–H and O–H groups in total. The number of carbonyl (C=O) groups excluding carboxylic acids is 1. The number of dihydropyridines is 1. The molecular formula is C19H21N5O. The molecule has 128 valence electrons. The molecule has 3 aliphatic heterocycles. The Labute approximate surface area is 147 Å². The highest BCUT2D eigenvalue weighted by molar-refractivity contribution is 5.98. The number of amides is 1. The number of unbranched alkanes of at least 4 members (excludes halogenated alkanes) is 1. The molecule has 4 heterocycles. The Morgan fingerprint density at radius 2 is 2.20 bits per heavy atom. The van der Waals surface area contributed by atoms with Gasteiger partial charge in [0.25, 0.3) is 5.91 Å². The number of carbonyl (C=O) groups is 1. The van der Waals surface area contributed by atoms with Crippen LogP contribution in [0.25, 0.3) is 5.70 Å². The molecule has 6 heteroatoms. The minimum absolute atomic E-state index is 0.0167. The van der Waals surface area contributed by atoms with Gasteiger partial charge >= 0.3 is 0 Å². The zero-order valence-electron chi connectivity index (χ0n) is 14.3. The highest BCUT2D eigenvalue weighted by Crippen LogP contribution is 2.36. The minimum Gasteiger partial charge on any atom is -0.330 e. The van der Waals surface area contributed by atoms with E-state index in [1.54, 1.807) is 6.21 Å². The summed E-state index contributed by atoms with van der Waals surface area (Å²) in [5.74, 6) is 0.0167. The number of nitrogens with zero attached hydrogens (tertiary/aromatic N) is 5. The summed E-state index contributed by atoms with van der Waals surface area (Å²) in [7, 11) is 0. The first-order valence-corrected chi connectivity index (χ1v) is 8.91. The Hall–Kier alpha value is -2.63. The van der Waals surface area contributed by atoms with Gasteiger partial charge in [-0.1, -0.05) is 25.5 Å². The lowest BCUT2D eigenvalue weighted by molar-refractivity contribution is 0.0654. The summed E-state index contributed by atoms with van der Waals surface area (Å²) in [5, 5.41) is 8.71. The smallest absolute Gasteiger partial charge is 0.256 e. The predicted octanol–water partition coefficient (Wildman–Crippen LogP) is 2.99. The van der Waals surface area contributed by atoms with E-state index in [-0.39, 0.29) is 18.0 Å². The Morgan fingerprint density at radius 3 is 3.00 bits per heavy atom. The van der Waals surface area contributed by atoms with Gasteiger partial charge in [-0.15, -0.1) is 5.10 Å². The van der Waals surface area contributed by atoms with Crippen molar-refractivity contribution in [2.45, 2.75) is 44.7 Å². The maximum atomic E-state index is 13.1. The molecule has 25 heavy (non-hydrogen) atoms. The second kappa shape index (κ2) is 6.70. The molecule has 1 aromatic heterocycles. The highest BCUT2D eigenvalue weighted by Gasteiger charge is 2.40. The number of fused-ring (bicyclic) bond motifs is 3. The van der Waals surface area contributed by atoms with Gasteiger partial charge in [-0.3, -0.25) is 14.8 Å². The van der Waals surface area contributed by atoms with Crippen molar-refractivity contribution in [1.82, 2.24) is 15.1 Å². The first-order chi connectivity index (χ1) is 12.3. The van der Waals surface area contributed by atoms with Crippen LogP contribution in [0, 0.1) is 0 Å². The lowest BCUT2D eigenvalue weighted by atomic mass is 9.91. The van der Waals surface area contributed by atoms with Gasteiger partial charge in [0.1, 0.15) is 17.4 Å². The zero-order chi connectivity index (χ0) is 17.2. The van der Waals surface area contributed by atoms with E-state index < -0.39 is 0 Å². The van der Waals surface area contributed by atoms with Gasteiger partial charge < -0.3 is 4.90 Å². The summed E-state index contributed by atoms with van der Waals surface area (Å²) in [5.41, 5.74) is 2.74. The molecule has 4 rings (SSSR count). The van der Waals surface area contributed by atoms with Gasteiger partial charge in [0, 0.05) is 19.0 Å².